The number of H-pyrrole nitrogens is 1. The molecule has 3 aromatic rings. The Hall–Kier alpha value is -2.21. The van der Waals surface area contributed by atoms with Crippen LogP contribution in [0.5, 0.6) is 0 Å². The van der Waals surface area contributed by atoms with Gasteiger partial charge in [-0.1, -0.05) is 36.9 Å². The summed E-state index contributed by atoms with van der Waals surface area (Å²) < 4.78 is 5.92. The predicted octanol–water partition coefficient (Wildman–Crippen LogP) is 3.56. The van der Waals surface area contributed by atoms with E-state index in [1.807, 2.05) is 24.3 Å². The van der Waals surface area contributed by atoms with Gasteiger partial charge in [0.1, 0.15) is 11.3 Å². The lowest BCUT2D eigenvalue weighted by Crippen LogP contribution is -1.97. The number of carboxylic acid groups (broad SMARTS) is 1. The summed E-state index contributed by atoms with van der Waals surface area (Å²) in [6, 6.07) is 7.91. The molecule has 0 saturated carbocycles. The van der Waals surface area contributed by atoms with E-state index in [1.165, 1.54) is 0 Å². The van der Waals surface area contributed by atoms with Crippen molar-refractivity contribution >= 4 is 28.7 Å². The van der Waals surface area contributed by atoms with Gasteiger partial charge in [0.15, 0.2) is 10.9 Å². The van der Waals surface area contributed by atoms with E-state index >= 15 is 0 Å². The number of rotatable bonds is 5. The van der Waals surface area contributed by atoms with Crippen molar-refractivity contribution in [1.29, 1.82) is 0 Å². The van der Waals surface area contributed by atoms with Crippen molar-refractivity contribution in [3.63, 3.8) is 0 Å². The molecule has 6 heteroatoms. The number of fused-ring (bicyclic) bond motifs is 1. The number of aliphatic carboxylic acids is 1. The molecule has 0 unspecified atom stereocenters. The molecule has 0 aliphatic carbocycles. The first-order valence-electron chi connectivity index (χ1n) is 6.59. The minimum Gasteiger partial charge on any atom is -0.481 e. The molecule has 0 aliphatic heterocycles. The van der Waals surface area contributed by atoms with Crippen molar-refractivity contribution in [2.24, 2.45) is 0 Å². The number of aromatic nitrogens is 2. The van der Waals surface area contributed by atoms with Gasteiger partial charge >= 0.3 is 5.97 Å². The fraction of sp³-hybridized carbons (Fsp3) is 0.200. The van der Waals surface area contributed by atoms with E-state index < -0.39 is 5.97 Å². The molecule has 0 aliphatic rings. The van der Waals surface area contributed by atoms with Crippen LogP contribution in [0.4, 0.5) is 0 Å². The van der Waals surface area contributed by atoms with Gasteiger partial charge in [-0.2, -0.15) is 0 Å². The summed E-state index contributed by atoms with van der Waals surface area (Å²) in [5, 5.41) is 10.4. The molecule has 0 spiro atoms. The highest BCUT2D eigenvalue weighted by Gasteiger charge is 2.16. The fourth-order valence-corrected chi connectivity index (χ4v) is 2.86. The zero-order valence-electron chi connectivity index (χ0n) is 11.4. The highest BCUT2D eigenvalue weighted by molar-refractivity contribution is 7.99. The number of nitrogens with zero attached hydrogens (tertiary/aromatic N) is 1. The molecule has 3 rings (SSSR count). The Kier molecular flexibility index (Phi) is 3.70. The molecule has 108 valence electrons. The van der Waals surface area contributed by atoms with Crippen molar-refractivity contribution in [3.05, 3.63) is 36.0 Å². The Labute approximate surface area is 125 Å². The molecule has 2 N–H and O–H groups in total. The minimum atomic E-state index is -0.865. The Morgan fingerprint density at radius 2 is 2.24 bits per heavy atom. The number of carboxylic acids is 1. The van der Waals surface area contributed by atoms with Gasteiger partial charge in [0, 0.05) is 10.9 Å². The van der Waals surface area contributed by atoms with Gasteiger partial charge in [0.05, 0.1) is 11.9 Å². The predicted molar refractivity (Wildman–Crippen MR) is 81.5 cm³/mol. The number of thioether (sulfide) groups is 1. The quantitative estimate of drug-likeness (QED) is 0.704. The largest absolute Gasteiger partial charge is 0.481 e. The van der Waals surface area contributed by atoms with E-state index in [4.69, 9.17) is 9.52 Å². The number of hydrogen-bond acceptors (Lipinski definition) is 4. The second kappa shape index (κ2) is 5.65. The van der Waals surface area contributed by atoms with Crippen LogP contribution in [0.15, 0.2) is 40.0 Å². The Morgan fingerprint density at radius 1 is 1.43 bits per heavy atom. The third-order valence-corrected chi connectivity index (χ3v) is 4.05. The molecule has 0 atom stereocenters. The number of aryl methyl sites for hydroxylation is 1. The van der Waals surface area contributed by atoms with E-state index in [-0.39, 0.29) is 5.75 Å². The maximum atomic E-state index is 10.6. The van der Waals surface area contributed by atoms with Crippen LogP contribution in [0.3, 0.4) is 0 Å². The smallest absolute Gasteiger partial charge is 0.313 e. The standard InChI is InChI=1S/C15H14N2O3S/c1-2-9-10-5-3-4-6-12(10)20-14(9)11-7-16-15(17-11)21-8-13(18)19/h3-7H,2,8H2,1H3,(H,16,17)(H,18,19). The fourth-order valence-electron chi connectivity index (χ4n) is 2.29. The lowest BCUT2D eigenvalue weighted by atomic mass is 10.1. The second-order valence-electron chi connectivity index (χ2n) is 4.54. The lowest BCUT2D eigenvalue weighted by Gasteiger charge is -1.97. The highest BCUT2D eigenvalue weighted by atomic mass is 32.2. The Bertz CT molecular complexity index is 791. The van der Waals surface area contributed by atoms with E-state index in [2.05, 4.69) is 16.9 Å². The molecule has 0 amide bonds. The van der Waals surface area contributed by atoms with Crippen molar-refractivity contribution in [3.8, 4) is 11.5 Å². The summed E-state index contributed by atoms with van der Waals surface area (Å²) in [7, 11) is 0. The molecular weight excluding hydrogens is 288 g/mol. The molecule has 21 heavy (non-hydrogen) atoms. The Morgan fingerprint density at radius 3 is 3.00 bits per heavy atom. The van der Waals surface area contributed by atoms with Crippen LogP contribution >= 0.6 is 11.8 Å². The topological polar surface area (TPSA) is 79.1 Å². The van der Waals surface area contributed by atoms with Crippen LogP contribution in [0.1, 0.15) is 12.5 Å². The normalized spacial score (nSPS) is 11.1. The van der Waals surface area contributed by atoms with Crippen LogP contribution < -0.4 is 0 Å². The third-order valence-electron chi connectivity index (χ3n) is 3.18. The first kappa shape index (κ1) is 13.8. The van der Waals surface area contributed by atoms with Crippen molar-refractivity contribution in [2.45, 2.75) is 18.5 Å². The van der Waals surface area contributed by atoms with Gasteiger partial charge in [0.25, 0.3) is 0 Å². The van der Waals surface area contributed by atoms with Gasteiger partial charge in [0.2, 0.25) is 0 Å². The molecule has 2 heterocycles. The maximum Gasteiger partial charge on any atom is 0.313 e. The van der Waals surface area contributed by atoms with E-state index in [0.717, 1.165) is 46.2 Å². The first-order chi connectivity index (χ1) is 10.2. The molecule has 0 bridgehead atoms. The summed E-state index contributed by atoms with van der Waals surface area (Å²) >= 11 is 1.16. The number of benzene rings is 1. The molecule has 2 aromatic heterocycles. The monoisotopic (exact) mass is 302 g/mol. The van der Waals surface area contributed by atoms with Crippen LogP contribution in [-0.4, -0.2) is 26.8 Å². The van der Waals surface area contributed by atoms with Crippen LogP contribution in [0.2, 0.25) is 0 Å². The van der Waals surface area contributed by atoms with Gasteiger partial charge in [-0.3, -0.25) is 4.79 Å². The number of aromatic amines is 1. The maximum absolute atomic E-state index is 10.6. The number of furan rings is 1. The molecule has 0 saturated heterocycles. The van der Waals surface area contributed by atoms with Crippen molar-refractivity contribution in [2.75, 3.05) is 5.75 Å². The molecule has 0 fully saturated rings. The zero-order chi connectivity index (χ0) is 14.8. The van der Waals surface area contributed by atoms with Gasteiger partial charge in [-0.05, 0) is 12.5 Å². The van der Waals surface area contributed by atoms with Crippen LogP contribution in [0.25, 0.3) is 22.4 Å². The molecule has 0 radical (unpaired) electrons. The second-order valence-corrected chi connectivity index (χ2v) is 5.51. The van der Waals surface area contributed by atoms with Crippen LogP contribution in [0, 0.1) is 0 Å². The number of para-hydroxylation sites is 1. The number of imidazole rings is 1. The van der Waals surface area contributed by atoms with E-state index in [0.29, 0.717) is 5.16 Å². The van der Waals surface area contributed by atoms with Gasteiger partial charge in [-0.15, -0.1) is 0 Å². The van der Waals surface area contributed by atoms with Gasteiger partial charge in [-0.25, -0.2) is 4.98 Å². The number of hydrogen-bond donors (Lipinski definition) is 2. The van der Waals surface area contributed by atoms with Crippen molar-refractivity contribution in [1.82, 2.24) is 9.97 Å². The summed E-state index contributed by atoms with van der Waals surface area (Å²) in [6.45, 7) is 2.08. The third kappa shape index (κ3) is 2.67. The summed E-state index contributed by atoms with van der Waals surface area (Å²) in [5.41, 5.74) is 2.75. The zero-order valence-corrected chi connectivity index (χ0v) is 12.2. The molecule has 1 aromatic carbocycles. The average Bonchev–Trinajstić information content (AvgIpc) is 3.08. The molecular formula is C15H14N2O3S. The first-order valence-corrected chi connectivity index (χ1v) is 7.58. The van der Waals surface area contributed by atoms with E-state index in [9.17, 15) is 4.79 Å². The number of nitrogens with one attached hydrogen (secondary N) is 1. The summed E-state index contributed by atoms with van der Waals surface area (Å²) in [5.74, 6) is -0.113. The minimum absolute atomic E-state index is 0.0201. The number of carbonyl (C=O) groups is 1. The summed E-state index contributed by atoms with van der Waals surface area (Å²) in [6.07, 6.45) is 2.53. The average molecular weight is 302 g/mol. The summed E-state index contributed by atoms with van der Waals surface area (Å²) in [4.78, 5) is 17.9. The van der Waals surface area contributed by atoms with Crippen molar-refractivity contribution < 1.29 is 14.3 Å². The van der Waals surface area contributed by atoms with Gasteiger partial charge < -0.3 is 14.5 Å². The van der Waals surface area contributed by atoms with E-state index in [1.54, 1.807) is 6.20 Å². The lowest BCUT2D eigenvalue weighted by molar-refractivity contribution is -0.133. The SMILES string of the molecule is CCc1c(-c2cnc(SCC(=O)O)[nH]2)oc2ccccc12. The Balaban J connectivity index is 1.98. The molecule has 5 nitrogen and oxygen atoms in total. The van der Waals surface area contributed by atoms with Crippen LogP contribution in [-0.2, 0) is 11.2 Å². The highest BCUT2D eigenvalue weighted by Crippen LogP contribution is 2.33.